The number of anilines is 1. The van der Waals surface area contributed by atoms with Crippen molar-refractivity contribution in [2.24, 2.45) is 0 Å². The van der Waals surface area contributed by atoms with E-state index in [4.69, 9.17) is 4.74 Å². The van der Waals surface area contributed by atoms with Gasteiger partial charge < -0.3 is 14.6 Å². The minimum absolute atomic E-state index is 0.0276. The molecular weight excluding hydrogens is 437 g/mol. The average molecular weight is 461 g/mol. The second-order valence-corrected chi connectivity index (χ2v) is 8.55. The van der Waals surface area contributed by atoms with Crippen molar-refractivity contribution in [3.8, 4) is 11.4 Å². The minimum atomic E-state index is -1.02. The number of hydrogen-bond donors (Lipinski definition) is 1. The summed E-state index contributed by atoms with van der Waals surface area (Å²) in [7, 11) is 0. The third kappa shape index (κ3) is 4.22. The first-order valence-corrected chi connectivity index (χ1v) is 11.0. The first-order valence-electron chi connectivity index (χ1n) is 11.0. The standard InChI is InChI=1S/C25H24FN5O3/c1-15-3-9-19(10-4-15)27-22(32)12-30-16(2)11-23(33)31-25(30)28-24(29-31)18-7-5-17(6-8-18)20-13-34-14-21(20)26/h3-11,20-21H,12-14H2,1-2H3,(H,27,32). The Kier molecular flexibility index (Phi) is 5.70. The molecule has 1 N–H and O–H groups in total. The summed E-state index contributed by atoms with van der Waals surface area (Å²) < 4.78 is 22.1. The fourth-order valence-corrected chi connectivity index (χ4v) is 4.11. The van der Waals surface area contributed by atoms with E-state index in [0.29, 0.717) is 29.4 Å². The first kappa shape index (κ1) is 22.0. The van der Waals surface area contributed by atoms with Gasteiger partial charge in [0, 0.05) is 28.9 Å². The summed E-state index contributed by atoms with van der Waals surface area (Å²) in [6.45, 7) is 4.17. The van der Waals surface area contributed by atoms with Gasteiger partial charge in [0.25, 0.3) is 5.56 Å². The number of carbonyl (C=O) groups is 1. The highest BCUT2D eigenvalue weighted by atomic mass is 19.1. The summed E-state index contributed by atoms with van der Waals surface area (Å²) in [6.07, 6.45) is -1.02. The topological polar surface area (TPSA) is 90.5 Å². The van der Waals surface area contributed by atoms with Gasteiger partial charge in [-0.25, -0.2) is 4.39 Å². The second-order valence-electron chi connectivity index (χ2n) is 8.55. The van der Waals surface area contributed by atoms with Gasteiger partial charge in [-0.1, -0.05) is 42.0 Å². The zero-order valence-corrected chi connectivity index (χ0v) is 18.9. The molecule has 2 unspecified atom stereocenters. The lowest BCUT2D eigenvalue weighted by atomic mass is 9.96. The van der Waals surface area contributed by atoms with Gasteiger partial charge in [0.15, 0.2) is 5.82 Å². The summed E-state index contributed by atoms with van der Waals surface area (Å²) in [5.41, 5.74) is 3.59. The lowest BCUT2D eigenvalue weighted by Gasteiger charge is -2.11. The molecular formula is C25H24FN5O3. The van der Waals surface area contributed by atoms with Crippen LogP contribution in [0.2, 0.25) is 0 Å². The second kappa shape index (κ2) is 8.83. The van der Waals surface area contributed by atoms with Gasteiger partial charge in [-0.3, -0.25) is 9.59 Å². The number of halogens is 1. The number of carbonyl (C=O) groups excluding carboxylic acids is 1. The lowest BCUT2D eigenvalue weighted by Crippen LogP contribution is -2.25. The van der Waals surface area contributed by atoms with Crippen LogP contribution in [-0.4, -0.2) is 44.5 Å². The predicted octanol–water partition coefficient (Wildman–Crippen LogP) is 3.27. The van der Waals surface area contributed by atoms with Crippen molar-refractivity contribution >= 4 is 17.4 Å². The SMILES string of the molecule is Cc1ccc(NC(=O)Cn2c(C)cc(=O)n3nc(-c4ccc(C5COCC5F)cc4)nc23)cc1. The number of aryl methyl sites for hydroxylation is 2. The molecule has 0 bridgehead atoms. The van der Waals surface area contributed by atoms with Gasteiger partial charge in [-0.2, -0.15) is 9.50 Å². The van der Waals surface area contributed by atoms with Gasteiger partial charge in [0.05, 0.1) is 13.2 Å². The summed E-state index contributed by atoms with van der Waals surface area (Å²) >= 11 is 0. The molecule has 4 aromatic rings. The van der Waals surface area contributed by atoms with Crippen molar-refractivity contribution in [2.45, 2.75) is 32.5 Å². The Morgan fingerprint density at radius 3 is 2.53 bits per heavy atom. The number of alkyl halides is 1. The van der Waals surface area contributed by atoms with Crippen LogP contribution >= 0.6 is 0 Å². The quantitative estimate of drug-likeness (QED) is 0.493. The molecule has 0 spiro atoms. The zero-order chi connectivity index (χ0) is 23.8. The van der Waals surface area contributed by atoms with Crippen LogP contribution in [-0.2, 0) is 16.1 Å². The van der Waals surface area contributed by atoms with Crippen LogP contribution in [0.4, 0.5) is 10.1 Å². The number of fused-ring (bicyclic) bond motifs is 1. The number of rotatable bonds is 5. The van der Waals surface area contributed by atoms with E-state index < -0.39 is 6.17 Å². The van der Waals surface area contributed by atoms with Crippen molar-refractivity contribution in [1.82, 2.24) is 19.2 Å². The molecule has 1 amide bonds. The van der Waals surface area contributed by atoms with E-state index in [1.807, 2.05) is 43.3 Å². The molecule has 0 aliphatic carbocycles. The monoisotopic (exact) mass is 461 g/mol. The van der Waals surface area contributed by atoms with E-state index in [-0.39, 0.29) is 36.3 Å². The van der Waals surface area contributed by atoms with Crippen LogP contribution in [0.5, 0.6) is 0 Å². The van der Waals surface area contributed by atoms with Crippen molar-refractivity contribution < 1.29 is 13.9 Å². The van der Waals surface area contributed by atoms with E-state index in [1.165, 1.54) is 10.6 Å². The van der Waals surface area contributed by atoms with Crippen molar-refractivity contribution in [2.75, 3.05) is 18.5 Å². The number of aromatic nitrogens is 4. The largest absolute Gasteiger partial charge is 0.378 e. The Bertz CT molecular complexity index is 1410. The predicted molar refractivity (Wildman–Crippen MR) is 126 cm³/mol. The molecule has 0 saturated carbocycles. The molecule has 5 rings (SSSR count). The summed E-state index contributed by atoms with van der Waals surface area (Å²) in [5, 5.41) is 7.23. The smallest absolute Gasteiger partial charge is 0.275 e. The molecule has 1 aliphatic heterocycles. The molecule has 3 heterocycles. The molecule has 2 aromatic heterocycles. The normalized spacial score (nSPS) is 17.9. The minimum Gasteiger partial charge on any atom is -0.378 e. The molecule has 1 fully saturated rings. The maximum atomic E-state index is 14.0. The molecule has 34 heavy (non-hydrogen) atoms. The van der Waals surface area contributed by atoms with E-state index >= 15 is 0 Å². The Labute approximate surface area is 195 Å². The summed E-state index contributed by atoms with van der Waals surface area (Å²) in [5.74, 6) is 0.0942. The van der Waals surface area contributed by atoms with Gasteiger partial charge in [-0.15, -0.1) is 5.10 Å². The number of amides is 1. The highest BCUT2D eigenvalue weighted by molar-refractivity contribution is 5.90. The Morgan fingerprint density at radius 1 is 1.12 bits per heavy atom. The number of nitrogens with zero attached hydrogens (tertiary/aromatic N) is 4. The molecule has 2 atom stereocenters. The van der Waals surface area contributed by atoms with E-state index in [0.717, 1.165) is 11.1 Å². The van der Waals surface area contributed by atoms with Crippen molar-refractivity contribution in [3.05, 3.63) is 81.8 Å². The van der Waals surface area contributed by atoms with Crippen molar-refractivity contribution in [1.29, 1.82) is 0 Å². The maximum Gasteiger partial charge on any atom is 0.275 e. The van der Waals surface area contributed by atoms with Crippen LogP contribution in [0.15, 0.2) is 59.4 Å². The Morgan fingerprint density at radius 2 is 1.85 bits per heavy atom. The van der Waals surface area contributed by atoms with Crippen LogP contribution in [0, 0.1) is 13.8 Å². The van der Waals surface area contributed by atoms with E-state index in [2.05, 4.69) is 15.4 Å². The molecule has 1 aliphatic rings. The molecule has 1 saturated heterocycles. The number of hydrogen-bond acceptors (Lipinski definition) is 5. The number of ether oxygens (including phenoxy) is 1. The van der Waals surface area contributed by atoms with E-state index in [9.17, 15) is 14.0 Å². The maximum absolute atomic E-state index is 14.0. The number of nitrogens with one attached hydrogen (secondary N) is 1. The lowest BCUT2D eigenvalue weighted by molar-refractivity contribution is -0.116. The summed E-state index contributed by atoms with van der Waals surface area (Å²) in [6, 6.07) is 16.2. The van der Waals surface area contributed by atoms with Gasteiger partial charge in [0.1, 0.15) is 12.7 Å². The highest BCUT2D eigenvalue weighted by Gasteiger charge is 2.29. The molecule has 0 radical (unpaired) electrons. The van der Waals surface area contributed by atoms with Gasteiger partial charge >= 0.3 is 0 Å². The van der Waals surface area contributed by atoms with E-state index in [1.54, 1.807) is 23.6 Å². The van der Waals surface area contributed by atoms with Crippen LogP contribution < -0.4 is 10.9 Å². The average Bonchev–Trinajstić information content (AvgIpc) is 3.45. The molecule has 2 aromatic carbocycles. The Hall–Kier alpha value is -3.85. The third-order valence-corrected chi connectivity index (χ3v) is 6.04. The zero-order valence-electron chi connectivity index (χ0n) is 18.9. The molecule has 9 heteroatoms. The van der Waals surface area contributed by atoms with Crippen LogP contribution in [0.25, 0.3) is 17.2 Å². The first-order chi connectivity index (χ1) is 16.4. The summed E-state index contributed by atoms with van der Waals surface area (Å²) in [4.78, 5) is 29.8. The molecule has 8 nitrogen and oxygen atoms in total. The highest BCUT2D eigenvalue weighted by Crippen LogP contribution is 2.29. The Balaban J connectivity index is 1.44. The number of benzene rings is 2. The van der Waals surface area contributed by atoms with Crippen LogP contribution in [0.3, 0.4) is 0 Å². The fraction of sp³-hybridized carbons (Fsp3) is 0.280. The third-order valence-electron chi connectivity index (χ3n) is 6.04. The van der Waals surface area contributed by atoms with Crippen LogP contribution in [0.1, 0.15) is 22.7 Å². The van der Waals surface area contributed by atoms with Crippen molar-refractivity contribution in [3.63, 3.8) is 0 Å². The molecule has 174 valence electrons. The fourth-order valence-electron chi connectivity index (χ4n) is 4.11. The van der Waals surface area contributed by atoms with Gasteiger partial charge in [0.2, 0.25) is 11.7 Å². The van der Waals surface area contributed by atoms with Gasteiger partial charge in [-0.05, 0) is 31.5 Å².